The number of halogens is 3. The molecule has 0 unspecified atom stereocenters. The van der Waals surface area contributed by atoms with Gasteiger partial charge in [0.05, 0.1) is 22.6 Å². The minimum Gasteiger partial charge on any atom is -0.483 e. The van der Waals surface area contributed by atoms with Gasteiger partial charge in [0.2, 0.25) is 5.91 Å². The van der Waals surface area contributed by atoms with Crippen LogP contribution in [0.5, 0.6) is 11.5 Å². The molecule has 0 radical (unpaired) electrons. The Morgan fingerprint density at radius 1 is 1.25 bits per heavy atom. The van der Waals surface area contributed by atoms with E-state index >= 15 is 0 Å². The minimum absolute atomic E-state index is 0.191. The van der Waals surface area contributed by atoms with Crippen molar-refractivity contribution in [2.45, 2.75) is 87.9 Å². The molecule has 2 aliphatic carbocycles. The summed E-state index contributed by atoms with van der Waals surface area (Å²) in [5, 5.41) is 12.7. The van der Waals surface area contributed by atoms with Gasteiger partial charge in [0.15, 0.2) is 11.5 Å². The van der Waals surface area contributed by atoms with E-state index in [2.05, 4.69) is 11.5 Å². The molecule has 2 aromatic carbocycles. The largest absolute Gasteiger partial charge is 0.483 e. The van der Waals surface area contributed by atoms with Crippen LogP contribution >= 0.6 is 0 Å². The lowest BCUT2D eigenvalue weighted by atomic mass is 9.48. The fraction of sp³-hybridized carbons (Fsp3) is 0.471. The Kier molecular flexibility index (Phi) is 7.44. The van der Waals surface area contributed by atoms with E-state index in [0.29, 0.717) is 50.3 Å². The van der Waals surface area contributed by atoms with E-state index < -0.39 is 40.9 Å². The van der Waals surface area contributed by atoms with Gasteiger partial charge in [0.1, 0.15) is 6.10 Å². The van der Waals surface area contributed by atoms with E-state index in [1.165, 1.54) is 31.2 Å². The molecule has 10 heteroatoms. The third-order valence-electron chi connectivity index (χ3n) is 9.94. The highest BCUT2D eigenvalue weighted by Crippen LogP contribution is 2.66. The summed E-state index contributed by atoms with van der Waals surface area (Å²) in [5.74, 6) is -0.114. The van der Waals surface area contributed by atoms with Gasteiger partial charge in [-0.2, -0.15) is 13.2 Å². The van der Waals surface area contributed by atoms with E-state index in [-0.39, 0.29) is 23.6 Å². The summed E-state index contributed by atoms with van der Waals surface area (Å²) in [6, 6.07) is 7.60. The van der Waals surface area contributed by atoms with Crippen LogP contribution in [0.25, 0.3) is 6.08 Å². The number of hydrogen-bond donors (Lipinski definition) is 1. The van der Waals surface area contributed by atoms with Crippen molar-refractivity contribution in [3.05, 3.63) is 77.4 Å². The van der Waals surface area contributed by atoms with Crippen LogP contribution in [0.4, 0.5) is 13.2 Å². The topological polar surface area (TPSA) is 79.3 Å². The Morgan fingerprint density at radius 2 is 2.02 bits per heavy atom. The van der Waals surface area contributed by atoms with Crippen molar-refractivity contribution >= 4 is 18.0 Å². The molecule has 2 aliphatic heterocycles. The van der Waals surface area contributed by atoms with Crippen LogP contribution in [0.15, 0.2) is 55.1 Å². The van der Waals surface area contributed by atoms with Gasteiger partial charge in [-0.1, -0.05) is 24.3 Å². The first kappa shape index (κ1) is 30.4. The van der Waals surface area contributed by atoms with Crippen LogP contribution in [-0.2, 0) is 27.6 Å². The number of rotatable bonds is 7. The molecule has 2 aromatic rings. The maximum Gasteiger partial charge on any atom is 0.416 e. The normalized spacial score (nSPS) is 28.9. The predicted octanol–water partition coefficient (Wildman–Crippen LogP) is 5.29. The number of nitrogens with zero attached hydrogens (tertiary/aromatic N) is 2. The lowest BCUT2D eigenvalue weighted by Gasteiger charge is -2.65. The van der Waals surface area contributed by atoms with Crippen LogP contribution < -0.4 is 9.47 Å². The maximum absolute atomic E-state index is 13.9. The van der Waals surface area contributed by atoms with Crippen molar-refractivity contribution in [1.82, 2.24) is 9.80 Å². The number of aliphatic hydroxyl groups is 1. The molecular formula is C34H37F3N2O5. The number of piperidine rings is 1. The lowest BCUT2D eigenvalue weighted by molar-refractivity contribution is -0.200. The van der Waals surface area contributed by atoms with Crippen molar-refractivity contribution < 1.29 is 37.3 Å². The monoisotopic (exact) mass is 610 g/mol. The average molecular weight is 611 g/mol. The van der Waals surface area contributed by atoms with Crippen LogP contribution in [0.2, 0.25) is 0 Å². The molecule has 5 atom stereocenters. The number of carbonyl (C=O) groups excluding carboxylic acids is 2. The van der Waals surface area contributed by atoms with E-state index in [9.17, 15) is 27.9 Å². The Labute approximate surface area is 254 Å². The molecule has 7 nitrogen and oxygen atoms in total. The first-order valence-corrected chi connectivity index (χ1v) is 15.1. The molecule has 1 saturated carbocycles. The predicted molar refractivity (Wildman–Crippen MR) is 158 cm³/mol. The number of hydrogen-bond acceptors (Lipinski definition) is 6. The first-order valence-electron chi connectivity index (χ1n) is 15.1. The molecule has 44 heavy (non-hydrogen) atoms. The number of carbonyl (C=O) groups is 2. The van der Waals surface area contributed by atoms with E-state index in [4.69, 9.17) is 9.47 Å². The summed E-state index contributed by atoms with van der Waals surface area (Å²) in [5.41, 5.74) is -0.659. The zero-order valence-corrected chi connectivity index (χ0v) is 25.1. The minimum atomic E-state index is -4.49. The molecule has 1 spiro atoms. The second-order valence-corrected chi connectivity index (χ2v) is 12.6. The Morgan fingerprint density at radius 3 is 2.70 bits per heavy atom. The highest BCUT2D eigenvalue weighted by Gasteiger charge is 2.73. The number of esters is 1. The van der Waals surface area contributed by atoms with Gasteiger partial charge < -0.3 is 19.5 Å². The molecule has 2 bridgehead atoms. The number of benzene rings is 2. The average Bonchev–Trinajstić information content (AvgIpc) is 3.31. The van der Waals surface area contributed by atoms with E-state index in [1.807, 2.05) is 26.0 Å². The zero-order chi connectivity index (χ0) is 31.6. The van der Waals surface area contributed by atoms with Gasteiger partial charge in [0.25, 0.3) is 0 Å². The van der Waals surface area contributed by atoms with Crippen molar-refractivity contribution in [2.24, 2.45) is 0 Å². The van der Waals surface area contributed by atoms with Crippen molar-refractivity contribution in [3.8, 4) is 11.5 Å². The number of alkyl halides is 3. The molecule has 0 aromatic heterocycles. The van der Waals surface area contributed by atoms with E-state index in [1.54, 1.807) is 11.0 Å². The molecular weight excluding hydrogens is 573 g/mol. The fourth-order valence-corrected chi connectivity index (χ4v) is 8.37. The highest BCUT2D eigenvalue weighted by atomic mass is 19.4. The highest BCUT2D eigenvalue weighted by molar-refractivity contribution is 5.92. The summed E-state index contributed by atoms with van der Waals surface area (Å²) in [4.78, 5) is 29.9. The molecule has 2 fully saturated rings. The van der Waals surface area contributed by atoms with E-state index in [0.717, 1.165) is 23.3 Å². The fourth-order valence-electron chi connectivity index (χ4n) is 8.37. The zero-order valence-electron chi connectivity index (χ0n) is 25.1. The number of likely N-dealkylation sites (tertiary alicyclic amines) is 1. The van der Waals surface area contributed by atoms with Crippen LogP contribution in [0, 0.1) is 0 Å². The smallest absolute Gasteiger partial charge is 0.416 e. The third kappa shape index (κ3) is 4.56. The van der Waals surface area contributed by atoms with Gasteiger partial charge in [0, 0.05) is 37.2 Å². The van der Waals surface area contributed by atoms with Crippen LogP contribution in [-0.4, -0.2) is 69.7 Å². The Bertz CT molecular complexity index is 1540. The van der Waals surface area contributed by atoms with Gasteiger partial charge in [-0.25, -0.2) is 0 Å². The van der Waals surface area contributed by atoms with Crippen molar-refractivity contribution in [1.29, 1.82) is 0 Å². The quantitative estimate of drug-likeness (QED) is 0.199. The Hall–Kier alpha value is -3.63. The first-order chi connectivity index (χ1) is 20.8. The lowest BCUT2D eigenvalue weighted by Crippen LogP contribution is -2.78. The second kappa shape index (κ2) is 10.8. The summed E-state index contributed by atoms with van der Waals surface area (Å²) in [6.07, 6.45) is 1.46. The third-order valence-corrected chi connectivity index (χ3v) is 9.94. The molecule has 1 amide bonds. The SMILES string of the molecule is C=CCN1CC[C@]23c4c5ccc(OC(C)=O)c4O[C@H]2[C@@H](N(C(=O)C=Cc2cccc(C(F)(F)F)c2)C(C)C)CC[C@@]3(O)[C@H]1C5. The maximum atomic E-state index is 13.9. The molecule has 234 valence electrons. The summed E-state index contributed by atoms with van der Waals surface area (Å²) in [6.45, 7) is 10.3. The summed E-state index contributed by atoms with van der Waals surface area (Å²) >= 11 is 0. The van der Waals surface area contributed by atoms with Gasteiger partial charge in [-0.05, 0) is 81.5 Å². The number of amides is 1. The summed E-state index contributed by atoms with van der Waals surface area (Å²) in [7, 11) is 0. The van der Waals surface area contributed by atoms with Gasteiger partial charge >= 0.3 is 12.1 Å². The second-order valence-electron chi connectivity index (χ2n) is 12.6. The van der Waals surface area contributed by atoms with Crippen molar-refractivity contribution in [2.75, 3.05) is 13.1 Å². The van der Waals surface area contributed by atoms with Crippen LogP contribution in [0.3, 0.4) is 0 Å². The molecule has 1 saturated heterocycles. The van der Waals surface area contributed by atoms with Crippen LogP contribution in [0.1, 0.15) is 62.3 Å². The Balaban J connectivity index is 1.41. The molecule has 1 N–H and O–H groups in total. The van der Waals surface area contributed by atoms with Gasteiger partial charge in [-0.3, -0.25) is 14.5 Å². The number of ether oxygens (including phenoxy) is 2. The van der Waals surface area contributed by atoms with Gasteiger partial charge in [-0.15, -0.1) is 6.58 Å². The molecule has 4 aliphatic rings. The standard InChI is InChI=1S/C34H37F3N2O5/c1-5-16-38-17-15-32-29-23-10-11-26(43-21(4)40)30(29)44-31(32)25(13-14-33(32,42)27(38)19-23)39(20(2)3)28(41)12-9-22-7-6-8-24(18-22)34(35,36)37/h5-12,18,20,25,27,31,42H,1,13-17,19H2,2-4H3/t25-,27+,31-,32-,33+/m0/s1. The molecule has 6 rings (SSSR count). The molecule has 2 heterocycles. The van der Waals surface area contributed by atoms with Crippen molar-refractivity contribution in [3.63, 3.8) is 0 Å². The summed E-state index contributed by atoms with van der Waals surface area (Å²) < 4.78 is 52.2.